The minimum atomic E-state index is -0.440. The van der Waals surface area contributed by atoms with Crippen molar-refractivity contribution in [2.45, 2.75) is 74.7 Å². The lowest BCUT2D eigenvalue weighted by molar-refractivity contribution is -0.143. The van der Waals surface area contributed by atoms with Gasteiger partial charge in [-0.05, 0) is 25.2 Å². The molecule has 0 radical (unpaired) electrons. The van der Waals surface area contributed by atoms with E-state index in [9.17, 15) is 9.59 Å². The molecule has 0 N–H and O–H groups in total. The highest BCUT2D eigenvalue weighted by Gasteiger charge is 2.41. The molecule has 0 aliphatic rings. The van der Waals surface area contributed by atoms with E-state index < -0.39 is 16.7 Å². The van der Waals surface area contributed by atoms with Gasteiger partial charge in [0.05, 0.1) is 5.92 Å². The van der Waals surface area contributed by atoms with Crippen molar-refractivity contribution in [3.05, 3.63) is 0 Å². The van der Waals surface area contributed by atoms with E-state index in [-0.39, 0.29) is 11.6 Å². The smallest absolute Gasteiger partial charge is 0.148 e. The standard InChI is InChI=1S/C17H32O2/c1-9-16(5,6)14(18)13(11-12(3)4)15(19)17(7,8)10-2/h12-13H,9-11H2,1-8H3. The molecule has 0 heterocycles. The predicted octanol–water partition coefficient (Wildman–Crippen LogP) is 4.66. The lowest BCUT2D eigenvalue weighted by Gasteiger charge is -2.32. The van der Waals surface area contributed by atoms with E-state index in [0.717, 1.165) is 12.8 Å². The fraction of sp³-hybridized carbons (Fsp3) is 0.882. The van der Waals surface area contributed by atoms with Crippen LogP contribution in [0.25, 0.3) is 0 Å². The van der Waals surface area contributed by atoms with E-state index in [2.05, 4.69) is 13.8 Å². The molecule has 2 nitrogen and oxygen atoms in total. The van der Waals surface area contributed by atoms with Crippen LogP contribution in [-0.4, -0.2) is 11.6 Å². The Morgan fingerprint density at radius 2 is 1.16 bits per heavy atom. The van der Waals surface area contributed by atoms with Crippen LogP contribution in [0.4, 0.5) is 0 Å². The zero-order valence-corrected chi connectivity index (χ0v) is 14.1. The van der Waals surface area contributed by atoms with Gasteiger partial charge in [-0.1, -0.05) is 55.4 Å². The maximum absolute atomic E-state index is 12.7. The van der Waals surface area contributed by atoms with Crippen molar-refractivity contribution < 1.29 is 9.59 Å². The van der Waals surface area contributed by atoms with Gasteiger partial charge in [-0.25, -0.2) is 0 Å². The molecule has 0 saturated heterocycles. The zero-order valence-electron chi connectivity index (χ0n) is 14.1. The summed E-state index contributed by atoms with van der Waals surface area (Å²) in [6, 6.07) is 0. The fourth-order valence-corrected chi connectivity index (χ4v) is 2.10. The summed E-state index contributed by atoms with van der Waals surface area (Å²) in [7, 11) is 0. The van der Waals surface area contributed by atoms with Gasteiger partial charge in [0.25, 0.3) is 0 Å². The SMILES string of the molecule is CCC(C)(C)C(=O)C(CC(C)C)C(=O)C(C)(C)CC. The number of ketones is 2. The third kappa shape index (κ3) is 4.74. The Bertz CT molecular complexity index is 296. The van der Waals surface area contributed by atoms with Crippen LogP contribution >= 0.6 is 0 Å². The maximum atomic E-state index is 12.7. The third-order valence-electron chi connectivity index (χ3n) is 4.44. The molecule has 0 aliphatic carbocycles. The van der Waals surface area contributed by atoms with Gasteiger partial charge in [-0.3, -0.25) is 9.59 Å². The second-order valence-electron chi connectivity index (χ2n) is 7.39. The Balaban J connectivity index is 5.35. The van der Waals surface area contributed by atoms with E-state index in [1.807, 2.05) is 41.5 Å². The van der Waals surface area contributed by atoms with Gasteiger partial charge < -0.3 is 0 Å². The molecule has 0 saturated carbocycles. The fourth-order valence-electron chi connectivity index (χ4n) is 2.10. The summed E-state index contributed by atoms with van der Waals surface area (Å²) in [5.74, 6) is 0.161. The number of Topliss-reactive ketones (excluding diaryl/α,β-unsaturated/α-hetero) is 2. The Hall–Kier alpha value is -0.660. The molecule has 0 spiro atoms. The van der Waals surface area contributed by atoms with Gasteiger partial charge in [-0.2, -0.15) is 0 Å². The van der Waals surface area contributed by atoms with Gasteiger partial charge in [0, 0.05) is 10.8 Å². The van der Waals surface area contributed by atoms with Crippen molar-refractivity contribution in [1.29, 1.82) is 0 Å². The molecule has 0 aromatic carbocycles. The highest BCUT2D eigenvalue weighted by Crippen LogP contribution is 2.34. The number of carbonyl (C=O) groups is 2. The molecule has 0 aromatic heterocycles. The topological polar surface area (TPSA) is 34.1 Å². The number of rotatable bonds is 8. The monoisotopic (exact) mass is 268 g/mol. The van der Waals surface area contributed by atoms with Crippen LogP contribution in [0.15, 0.2) is 0 Å². The molecule has 0 amide bonds. The molecule has 2 heteroatoms. The quantitative estimate of drug-likeness (QED) is 0.600. The molecule has 0 atom stereocenters. The second kappa shape index (κ2) is 6.67. The van der Waals surface area contributed by atoms with Crippen molar-refractivity contribution in [3.8, 4) is 0 Å². The predicted molar refractivity (Wildman–Crippen MR) is 81.1 cm³/mol. The lowest BCUT2D eigenvalue weighted by atomic mass is 9.69. The number of hydrogen-bond donors (Lipinski definition) is 0. The van der Waals surface area contributed by atoms with Crippen LogP contribution < -0.4 is 0 Å². The Morgan fingerprint density at radius 1 is 0.842 bits per heavy atom. The van der Waals surface area contributed by atoms with Crippen LogP contribution in [-0.2, 0) is 9.59 Å². The highest BCUT2D eigenvalue weighted by atomic mass is 16.2. The summed E-state index contributed by atoms with van der Waals surface area (Å²) in [6.07, 6.45) is 2.23. The largest absolute Gasteiger partial charge is 0.298 e. The second-order valence-corrected chi connectivity index (χ2v) is 7.39. The van der Waals surface area contributed by atoms with Crippen LogP contribution in [0, 0.1) is 22.7 Å². The highest BCUT2D eigenvalue weighted by molar-refractivity contribution is 6.06. The van der Waals surface area contributed by atoms with E-state index >= 15 is 0 Å². The van der Waals surface area contributed by atoms with E-state index in [1.54, 1.807) is 0 Å². The van der Waals surface area contributed by atoms with Crippen LogP contribution in [0.3, 0.4) is 0 Å². The normalized spacial score (nSPS) is 13.2. The van der Waals surface area contributed by atoms with Crippen LogP contribution in [0.2, 0.25) is 0 Å². The van der Waals surface area contributed by atoms with Gasteiger partial charge in [0.2, 0.25) is 0 Å². The third-order valence-corrected chi connectivity index (χ3v) is 4.44. The first kappa shape index (κ1) is 18.3. The van der Waals surface area contributed by atoms with Crippen molar-refractivity contribution in [3.63, 3.8) is 0 Å². The molecule has 19 heavy (non-hydrogen) atoms. The molecule has 0 aliphatic heterocycles. The average Bonchev–Trinajstić information content (AvgIpc) is 2.33. The minimum Gasteiger partial charge on any atom is -0.298 e. The summed E-state index contributed by atoms with van der Waals surface area (Å²) >= 11 is 0. The van der Waals surface area contributed by atoms with Crippen molar-refractivity contribution >= 4 is 11.6 Å². The summed E-state index contributed by atoms with van der Waals surface area (Å²) in [5, 5.41) is 0. The molecule has 0 rings (SSSR count). The van der Waals surface area contributed by atoms with Crippen LogP contribution in [0.1, 0.15) is 74.7 Å². The Labute approximate surface area is 119 Å². The first-order valence-electron chi connectivity index (χ1n) is 7.58. The van der Waals surface area contributed by atoms with Gasteiger partial charge in [0.1, 0.15) is 11.6 Å². The summed E-state index contributed by atoms with van der Waals surface area (Å²) < 4.78 is 0. The average molecular weight is 268 g/mol. The molecule has 0 fully saturated rings. The summed E-state index contributed by atoms with van der Waals surface area (Å²) in [5.41, 5.74) is -0.807. The number of hydrogen-bond acceptors (Lipinski definition) is 2. The molecular weight excluding hydrogens is 236 g/mol. The van der Waals surface area contributed by atoms with Gasteiger partial charge in [0.15, 0.2) is 0 Å². The van der Waals surface area contributed by atoms with Crippen LogP contribution in [0.5, 0.6) is 0 Å². The minimum absolute atomic E-state index is 0.121. The molecule has 112 valence electrons. The van der Waals surface area contributed by atoms with Crippen molar-refractivity contribution in [1.82, 2.24) is 0 Å². The maximum Gasteiger partial charge on any atom is 0.148 e. The zero-order chi connectivity index (χ0) is 15.4. The lowest BCUT2D eigenvalue weighted by Crippen LogP contribution is -2.41. The molecule has 0 unspecified atom stereocenters. The molecule has 0 aromatic rings. The Morgan fingerprint density at radius 3 is 1.37 bits per heavy atom. The van der Waals surface area contributed by atoms with E-state index in [0.29, 0.717) is 12.3 Å². The van der Waals surface area contributed by atoms with Crippen molar-refractivity contribution in [2.75, 3.05) is 0 Å². The molecule has 0 bridgehead atoms. The van der Waals surface area contributed by atoms with E-state index in [1.165, 1.54) is 0 Å². The number of carbonyl (C=O) groups excluding carboxylic acids is 2. The van der Waals surface area contributed by atoms with Crippen molar-refractivity contribution in [2.24, 2.45) is 22.7 Å². The first-order chi connectivity index (χ1) is 8.49. The summed E-state index contributed by atoms with van der Waals surface area (Å²) in [6.45, 7) is 16.0. The van der Waals surface area contributed by atoms with Gasteiger partial charge >= 0.3 is 0 Å². The first-order valence-corrected chi connectivity index (χ1v) is 7.58. The molecular formula is C17H32O2. The summed E-state index contributed by atoms with van der Waals surface area (Å²) in [4.78, 5) is 25.4. The van der Waals surface area contributed by atoms with Gasteiger partial charge in [-0.15, -0.1) is 0 Å². The Kier molecular flexibility index (Phi) is 6.44. The van der Waals surface area contributed by atoms with E-state index in [4.69, 9.17) is 0 Å².